The largest absolute Gasteiger partial charge is 0.459 e. The maximum atomic E-state index is 13.7. The van der Waals surface area contributed by atoms with E-state index in [0.29, 0.717) is 6.42 Å². The van der Waals surface area contributed by atoms with Gasteiger partial charge >= 0.3 is 6.03 Å². The van der Waals surface area contributed by atoms with Gasteiger partial charge in [0.2, 0.25) is 11.8 Å². The third-order valence-corrected chi connectivity index (χ3v) is 7.68. The van der Waals surface area contributed by atoms with Gasteiger partial charge in [-0.05, 0) is 43.0 Å². The first-order valence-electron chi connectivity index (χ1n) is 13.5. The predicted octanol–water partition coefficient (Wildman–Crippen LogP) is 2.19. The van der Waals surface area contributed by atoms with Crippen molar-refractivity contribution in [3.05, 3.63) is 60.2 Å². The second-order valence-electron chi connectivity index (χ2n) is 10.3. The molecule has 1 aliphatic heterocycles. The predicted molar refractivity (Wildman–Crippen MR) is 144 cm³/mol. The van der Waals surface area contributed by atoms with Crippen molar-refractivity contribution in [2.45, 2.75) is 69.1 Å². The zero-order valence-corrected chi connectivity index (χ0v) is 21.7. The highest BCUT2D eigenvalue weighted by molar-refractivity contribution is 5.98. The van der Waals surface area contributed by atoms with Crippen LogP contribution in [-0.4, -0.2) is 64.3 Å². The second-order valence-corrected chi connectivity index (χ2v) is 10.3. The Hall–Kier alpha value is -4.28. The average molecular weight is 535 g/mol. The van der Waals surface area contributed by atoms with Gasteiger partial charge in [0, 0.05) is 36.1 Å². The smallest absolute Gasteiger partial charge is 0.315 e. The minimum atomic E-state index is -1.05. The van der Waals surface area contributed by atoms with E-state index in [1.165, 1.54) is 17.2 Å². The van der Waals surface area contributed by atoms with Crippen LogP contribution in [0.1, 0.15) is 54.6 Å². The summed E-state index contributed by atoms with van der Waals surface area (Å²) in [6.45, 7) is 0.232. The van der Waals surface area contributed by atoms with Crippen molar-refractivity contribution in [2.24, 2.45) is 5.73 Å². The molecular formula is C28H34N6O5. The van der Waals surface area contributed by atoms with Gasteiger partial charge in [0.25, 0.3) is 5.91 Å². The number of nitrogens with zero attached hydrogens (tertiary/aromatic N) is 1. The first-order valence-corrected chi connectivity index (χ1v) is 13.5. The zero-order chi connectivity index (χ0) is 27.4. The van der Waals surface area contributed by atoms with Crippen molar-refractivity contribution in [1.82, 2.24) is 25.8 Å². The molecule has 5 rings (SSSR count). The van der Waals surface area contributed by atoms with Crippen LogP contribution in [-0.2, 0) is 16.0 Å². The van der Waals surface area contributed by atoms with Crippen LogP contribution in [0.15, 0.2) is 53.3 Å². The summed E-state index contributed by atoms with van der Waals surface area (Å²) >= 11 is 0. The quantitative estimate of drug-likeness (QED) is 0.299. The van der Waals surface area contributed by atoms with Crippen LogP contribution in [0, 0.1) is 0 Å². The lowest BCUT2D eigenvalue weighted by Gasteiger charge is -2.29. The summed E-state index contributed by atoms with van der Waals surface area (Å²) in [6.07, 6.45) is 8.83. The van der Waals surface area contributed by atoms with Crippen LogP contribution in [0.25, 0.3) is 10.9 Å². The van der Waals surface area contributed by atoms with E-state index >= 15 is 0 Å². The molecule has 206 valence electrons. The number of hydrogen-bond donors (Lipinski definition) is 5. The van der Waals surface area contributed by atoms with E-state index in [2.05, 4.69) is 20.9 Å². The molecule has 6 N–H and O–H groups in total. The molecule has 0 bridgehead atoms. The number of fused-ring (bicyclic) bond motifs is 1. The van der Waals surface area contributed by atoms with Crippen LogP contribution in [0.4, 0.5) is 4.79 Å². The summed E-state index contributed by atoms with van der Waals surface area (Å²) in [4.78, 5) is 56.7. The first kappa shape index (κ1) is 26.3. The lowest BCUT2D eigenvalue weighted by Crippen LogP contribution is -2.59. The van der Waals surface area contributed by atoms with Crippen LogP contribution >= 0.6 is 0 Å². The second kappa shape index (κ2) is 11.6. The maximum absolute atomic E-state index is 13.7. The van der Waals surface area contributed by atoms with E-state index in [1.807, 2.05) is 24.3 Å². The highest BCUT2D eigenvalue weighted by Gasteiger charge is 2.44. The normalized spacial score (nSPS) is 20.5. The summed E-state index contributed by atoms with van der Waals surface area (Å²) < 4.78 is 5.28. The topological polar surface area (TPSA) is 163 Å². The number of rotatable bonds is 8. The van der Waals surface area contributed by atoms with E-state index in [4.69, 9.17) is 10.2 Å². The summed E-state index contributed by atoms with van der Waals surface area (Å²) in [5.41, 5.74) is 7.43. The van der Waals surface area contributed by atoms with Crippen molar-refractivity contribution in [3.8, 4) is 0 Å². The fraction of sp³-hybridized carbons (Fsp3) is 0.429. The number of H-pyrrole nitrogens is 1. The Bertz CT molecular complexity index is 1330. The molecule has 3 atom stereocenters. The molecule has 3 unspecified atom stereocenters. The first-order chi connectivity index (χ1) is 18.9. The third kappa shape index (κ3) is 5.92. The molecule has 0 radical (unpaired) electrons. The number of nitrogens with two attached hydrogens (primary N) is 1. The van der Waals surface area contributed by atoms with Gasteiger partial charge in [-0.1, -0.05) is 37.5 Å². The molecular weight excluding hydrogens is 500 g/mol. The SMILES string of the molecule is NC(=O)C(Cc1c[nH]c2ccccc12)NC(=O)C1C(NC(=O)NC2CCCCC2)CCN1C(=O)c1ccco1. The van der Waals surface area contributed by atoms with E-state index in [9.17, 15) is 19.2 Å². The summed E-state index contributed by atoms with van der Waals surface area (Å²) in [6, 6.07) is 7.74. The van der Waals surface area contributed by atoms with Gasteiger partial charge in [0.15, 0.2) is 5.76 Å². The summed E-state index contributed by atoms with van der Waals surface area (Å²) in [5.74, 6) is -1.65. The minimum Gasteiger partial charge on any atom is -0.459 e. The van der Waals surface area contributed by atoms with Gasteiger partial charge in [-0.15, -0.1) is 0 Å². The van der Waals surface area contributed by atoms with Gasteiger partial charge in [0.1, 0.15) is 12.1 Å². The molecule has 11 heteroatoms. The highest BCUT2D eigenvalue weighted by Crippen LogP contribution is 2.24. The van der Waals surface area contributed by atoms with Crippen molar-refractivity contribution in [3.63, 3.8) is 0 Å². The van der Waals surface area contributed by atoms with Crippen molar-refractivity contribution in [1.29, 1.82) is 0 Å². The maximum Gasteiger partial charge on any atom is 0.315 e. The van der Waals surface area contributed by atoms with Crippen LogP contribution in [0.5, 0.6) is 0 Å². The number of aromatic nitrogens is 1. The molecule has 3 heterocycles. The molecule has 39 heavy (non-hydrogen) atoms. The van der Waals surface area contributed by atoms with Gasteiger partial charge in [-0.2, -0.15) is 0 Å². The molecule has 1 aliphatic carbocycles. The lowest BCUT2D eigenvalue weighted by molar-refractivity contribution is -0.130. The molecule has 3 aromatic rings. The monoisotopic (exact) mass is 534 g/mol. The third-order valence-electron chi connectivity index (χ3n) is 7.68. The molecule has 2 aromatic heterocycles. The summed E-state index contributed by atoms with van der Waals surface area (Å²) in [7, 11) is 0. The Morgan fingerprint density at radius 1 is 1.03 bits per heavy atom. The number of urea groups is 1. The minimum absolute atomic E-state index is 0.0868. The molecule has 1 aromatic carbocycles. The number of para-hydroxylation sites is 1. The van der Waals surface area contributed by atoms with E-state index in [0.717, 1.165) is 48.6 Å². The van der Waals surface area contributed by atoms with Crippen LogP contribution in [0.3, 0.4) is 0 Å². The van der Waals surface area contributed by atoms with Gasteiger partial charge < -0.3 is 36.0 Å². The fourth-order valence-electron chi connectivity index (χ4n) is 5.68. The number of furan rings is 1. The van der Waals surface area contributed by atoms with E-state index in [-0.39, 0.29) is 30.8 Å². The van der Waals surface area contributed by atoms with E-state index < -0.39 is 35.8 Å². The average Bonchev–Trinajstić information content (AvgIpc) is 3.69. The number of nitrogens with one attached hydrogen (secondary N) is 4. The number of primary amides is 1. The Morgan fingerprint density at radius 2 is 1.82 bits per heavy atom. The zero-order valence-electron chi connectivity index (χ0n) is 21.7. The Morgan fingerprint density at radius 3 is 2.56 bits per heavy atom. The Balaban J connectivity index is 1.33. The number of hydrogen-bond acceptors (Lipinski definition) is 5. The van der Waals surface area contributed by atoms with Crippen molar-refractivity contribution >= 4 is 34.7 Å². The Kier molecular flexibility index (Phi) is 7.85. The molecule has 1 saturated heterocycles. The molecule has 11 nitrogen and oxygen atoms in total. The number of carbonyl (C=O) groups is 4. The molecule has 1 saturated carbocycles. The number of benzene rings is 1. The lowest BCUT2D eigenvalue weighted by atomic mass is 9.96. The number of carbonyl (C=O) groups excluding carboxylic acids is 4. The molecule has 0 spiro atoms. The standard InChI is InChI=1S/C28H34N6O5/c29-25(35)22(15-17-16-30-20-10-5-4-9-19(17)20)32-26(36)24-21(33-28(38)31-18-7-2-1-3-8-18)12-13-34(24)27(37)23-11-6-14-39-23/h4-6,9-11,14,16,18,21-22,24,30H,1-3,7-8,12-13,15H2,(H2,29,35)(H,32,36)(H2,31,33,38). The number of likely N-dealkylation sites (tertiary alicyclic amines) is 1. The fourth-order valence-corrected chi connectivity index (χ4v) is 5.68. The van der Waals surface area contributed by atoms with Crippen LogP contribution in [0.2, 0.25) is 0 Å². The van der Waals surface area contributed by atoms with E-state index in [1.54, 1.807) is 12.3 Å². The molecule has 2 fully saturated rings. The van der Waals surface area contributed by atoms with Gasteiger partial charge in [0.05, 0.1) is 12.3 Å². The number of aromatic amines is 1. The summed E-state index contributed by atoms with van der Waals surface area (Å²) in [5, 5.41) is 9.58. The van der Waals surface area contributed by atoms with Crippen LogP contribution < -0.4 is 21.7 Å². The van der Waals surface area contributed by atoms with Gasteiger partial charge in [-0.25, -0.2) is 4.79 Å². The van der Waals surface area contributed by atoms with Gasteiger partial charge in [-0.3, -0.25) is 14.4 Å². The van der Waals surface area contributed by atoms with Crippen molar-refractivity contribution in [2.75, 3.05) is 6.54 Å². The van der Waals surface area contributed by atoms with Crippen molar-refractivity contribution < 1.29 is 23.6 Å². The molecule has 2 aliphatic rings. The number of amides is 5. The Labute approximate surface area is 225 Å². The highest BCUT2D eigenvalue weighted by atomic mass is 16.3. The molecule has 5 amide bonds.